The van der Waals surface area contributed by atoms with Gasteiger partial charge in [-0.3, -0.25) is 0 Å². The first kappa shape index (κ1) is 12.6. The average molecular weight is 274 g/mol. The van der Waals surface area contributed by atoms with Gasteiger partial charge in [0.1, 0.15) is 10.6 Å². The Kier molecular flexibility index (Phi) is 3.29. The van der Waals surface area contributed by atoms with E-state index in [1.807, 2.05) is 24.3 Å². The van der Waals surface area contributed by atoms with Crippen LogP contribution in [0, 0.1) is 0 Å². The van der Waals surface area contributed by atoms with E-state index in [4.69, 9.17) is 15.5 Å². The second kappa shape index (κ2) is 4.94. The van der Waals surface area contributed by atoms with Crippen molar-refractivity contribution in [2.45, 2.75) is 31.8 Å². The van der Waals surface area contributed by atoms with Gasteiger partial charge in [-0.2, -0.15) is 0 Å². The van der Waals surface area contributed by atoms with Crippen molar-refractivity contribution in [3.63, 3.8) is 0 Å². The predicted molar refractivity (Wildman–Crippen MR) is 79.1 cm³/mol. The van der Waals surface area contributed by atoms with Crippen molar-refractivity contribution in [1.29, 1.82) is 0 Å². The Labute approximate surface area is 117 Å². The van der Waals surface area contributed by atoms with E-state index in [0.717, 1.165) is 41.4 Å². The Hall–Kier alpha value is -1.39. The maximum Gasteiger partial charge on any atom is 0.125 e. The van der Waals surface area contributed by atoms with Crippen molar-refractivity contribution >= 4 is 17.0 Å². The van der Waals surface area contributed by atoms with E-state index in [1.165, 1.54) is 6.42 Å². The minimum absolute atomic E-state index is 0.207. The van der Waals surface area contributed by atoms with Crippen LogP contribution in [-0.2, 0) is 10.3 Å². The molecule has 2 N–H and O–H groups in total. The van der Waals surface area contributed by atoms with Crippen LogP contribution < -0.4 is 5.73 Å². The van der Waals surface area contributed by atoms with Gasteiger partial charge >= 0.3 is 0 Å². The lowest BCUT2D eigenvalue weighted by Crippen LogP contribution is -2.29. The molecule has 1 aromatic carbocycles. The molecule has 19 heavy (non-hydrogen) atoms. The summed E-state index contributed by atoms with van der Waals surface area (Å²) < 4.78 is 5.95. The zero-order chi connectivity index (χ0) is 13.3. The molecule has 1 aliphatic heterocycles. The van der Waals surface area contributed by atoms with Gasteiger partial charge in [0.15, 0.2) is 0 Å². The smallest absolute Gasteiger partial charge is 0.125 e. The summed E-state index contributed by atoms with van der Waals surface area (Å²) in [6.45, 7) is 2.98. The molecule has 1 aromatic heterocycles. The van der Waals surface area contributed by atoms with E-state index in [-0.39, 0.29) is 5.60 Å². The van der Waals surface area contributed by atoms with Crippen LogP contribution in [0.3, 0.4) is 0 Å². The molecule has 1 fully saturated rings. The standard InChI is InChI=1S/C15H18N2OS/c1-15(7-2-3-8-18-15)14-17-13(10-19-14)11-5-4-6-12(16)9-11/h4-6,9-10H,2-3,7-8,16H2,1H3. The van der Waals surface area contributed by atoms with Crippen LogP contribution >= 0.6 is 11.3 Å². The number of hydrogen-bond acceptors (Lipinski definition) is 4. The molecule has 3 rings (SSSR count). The number of nitrogen functional groups attached to an aromatic ring is 1. The number of nitrogens with two attached hydrogens (primary N) is 1. The molecule has 0 aliphatic carbocycles. The topological polar surface area (TPSA) is 48.1 Å². The molecular weight excluding hydrogens is 256 g/mol. The van der Waals surface area contributed by atoms with Crippen molar-refractivity contribution in [2.75, 3.05) is 12.3 Å². The third-order valence-corrected chi connectivity index (χ3v) is 4.70. The van der Waals surface area contributed by atoms with Crippen LogP contribution in [-0.4, -0.2) is 11.6 Å². The highest BCUT2D eigenvalue weighted by atomic mass is 32.1. The number of benzene rings is 1. The first-order chi connectivity index (χ1) is 9.17. The number of aromatic nitrogens is 1. The third-order valence-electron chi connectivity index (χ3n) is 3.61. The predicted octanol–water partition coefficient (Wildman–Crippen LogP) is 3.81. The molecule has 1 unspecified atom stereocenters. The molecule has 0 bridgehead atoms. The van der Waals surface area contributed by atoms with Gasteiger partial charge in [-0.15, -0.1) is 11.3 Å². The molecule has 0 amide bonds. The molecule has 0 radical (unpaired) electrons. The van der Waals surface area contributed by atoms with Crippen LogP contribution in [0.1, 0.15) is 31.2 Å². The van der Waals surface area contributed by atoms with Gasteiger partial charge < -0.3 is 10.5 Å². The highest BCUT2D eigenvalue weighted by molar-refractivity contribution is 7.10. The Morgan fingerprint density at radius 3 is 3.00 bits per heavy atom. The second-order valence-corrected chi connectivity index (χ2v) is 6.06. The van der Waals surface area contributed by atoms with Crippen molar-refractivity contribution in [2.24, 2.45) is 0 Å². The fraction of sp³-hybridized carbons (Fsp3) is 0.400. The van der Waals surface area contributed by atoms with Gasteiger partial charge in [-0.1, -0.05) is 12.1 Å². The molecule has 100 valence electrons. The molecule has 1 saturated heterocycles. The molecule has 0 spiro atoms. The maximum atomic E-state index is 5.95. The number of hydrogen-bond donors (Lipinski definition) is 1. The number of thiazole rings is 1. The van der Waals surface area contributed by atoms with Crippen LogP contribution in [0.15, 0.2) is 29.6 Å². The summed E-state index contributed by atoms with van der Waals surface area (Å²) in [6.07, 6.45) is 3.42. The van der Waals surface area contributed by atoms with E-state index in [1.54, 1.807) is 11.3 Å². The van der Waals surface area contributed by atoms with Gasteiger partial charge in [-0.25, -0.2) is 4.98 Å². The molecule has 3 nitrogen and oxygen atoms in total. The van der Waals surface area contributed by atoms with Crippen LogP contribution in [0.4, 0.5) is 5.69 Å². The van der Waals surface area contributed by atoms with Gasteiger partial charge in [-0.05, 0) is 38.3 Å². The molecule has 4 heteroatoms. The Balaban J connectivity index is 1.91. The van der Waals surface area contributed by atoms with Gasteiger partial charge in [0.25, 0.3) is 0 Å². The summed E-state index contributed by atoms with van der Waals surface area (Å²) in [5, 5.41) is 3.16. The SMILES string of the molecule is CC1(c2nc(-c3cccc(N)c3)cs2)CCCCO1. The van der Waals surface area contributed by atoms with E-state index < -0.39 is 0 Å². The average Bonchev–Trinajstić information content (AvgIpc) is 2.90. The van der Waals surface area contributed by atoms with E-state index in [0.29, 0.717) is 0 Å². The van der Waals surface area contributed by atoms with Crippen molar-refractivity contribution in [3.05, 3.63) is 34.7 Å². The van der Waals surface area contributed by atoms with Gasteiger partial charge in [0, 0.05) is 23.2 Å². The summed E-state index contributed by atoms with van der Waals surface area (Å²) in [7, 11) is 0. The van der Waals surface area contributed by atoms with Crippen LogP contribution in [0.5, 0.6) is 0 Å². The molecule has 1 atom stereocenters. The second-order valence-electron chi connectivity index (χ2n) is 5.20. The summed E-state index contributed by atoms with van der Waals surface area (Å²) in [6, 6.07) is 7.85. The van der Waals surface area contributed by atoms with E-state index in [2.05, 4.69) is 12.3 Å². The molecule has 2 heterocycles. The Bertz CT molecular complexity index is 573. The summed E-state index contributed by atoms with van der Waals surface area (Å²) in [4.78, 5) is 4.76. The maximum absolute atomic E-state index is 5.95. The lowest BCUT2D eigenvalue weighted by atomic mass is 9.97. The number of ether oxygens (including phenoxy) is 1. The molecule has 2 aromatic rings. The van der Waals surface area contributed by atoms with Crippen molar-refractivity contribution in [3.8, 4) is 11.3 Å². The first-order valence-corrected chi connectivity index (χ1v) is 7.51. The first-order valence-electron chi connectivity index (χ1n) is 6.63. The highest BCUT2D eigenvalue weighted by Crippen LogP contribution is 2.37. The number of rotatable bonds is 2. The largest absolute Gasteiger partial charge is 0.399 e. The van der Waals surface area contributed by atoms with E-state index in [9.17, 15) is 0 Å². The normalized spacial score (nSPS) is 23.4. The lowest BCUT2D eigenvalue weighted by Gasteiger charge is -2.31. The van der Waals surface area contributed by atoms with Crippen LogP contribution in [0.2, 0.25) is 0 Å². The summed E-state index contributed by atoms with van der Waals surface area (Å²) >= 11 is 1.68. The zero-order valence-electron chi connectivity index (χ0n) is 11.1. The number of nitrogens with zero attached hydrogens (tertiary/aromatic N) is 1. The van der Waals surface area contributed by atoms with Gasteiger partial charge in [0.05, 0.1) is 5.69 Å². The quantitative estimate of drug-likeness (QED) is 0.847. The Morgan fingerprint density at radius 2 is 2.26 bits per heavy atom. The fourth-order valence-corrected chi connectivity index (χ4v) is 3.42. The fourth-order valence-electron chi connectivity index (χ4n) is 2.45. The summed E-state index contributed by atoms with van der Waals surface area (Å²) in [5.74, 6) is 0. The molecule has 0 saturated carbocycles. The molecule has 1 aliphatic rings. The van der Waals surface area contributed by atoms with E-state index >= 15 is 0 Å². The molecular formula is C15H18N2OS. The van der Waals surface area contributed by atoms with Crippen LogP contribution in [0.25, 0.3) is 11.3 Å². The van der Waals surface area contributed by atoms with Crippen molar-refractivity contribution in [1.82, 2.24) is 4.98 Å². The lowest BCUT2D eigenvalue weighted by molar-refractivity contribution is -0.0701. The minimum Gasteiger partial charge on any atom is -0.399 e. The summed E-state index contributed by atoms with van der Waals surface area (Å²) in [5.41, 5.74) is 8.45. The number of anilines is 1. The zero-order valence-corrected chi connectivity index (χ0v) is 11.9. The van der Waals surface area contributed by atoms with Crippen molar-refractivity contribution < 1.29 is 4.74 Å². The monoisotopic (exact) mass is 274 g/mol. The Morgan fingerprint density at radius 1 is 1.37 bits per heavy atom. The minimum atomic E-state index is -0.207. The third kappa shape index (κ3) is 2.51. The van der Waals surface area contributed by atoms with Gasteiger partial charge in [0.2, 0.25) is 0 Å². The highest BCUT2D eigenvalue weighted by Gasteiger charge is 2.33.